The number of nitrogens with zero attached hydrogens (tertiary/aromatic N) is 1. The largest absolute Gasteiger partial charge is 0.282 e. The van der Waals surface area contributed by atoms with Gasteiger partial charge in [0.05, 0.1) is 5.69 Å². The second-order valence-electron chi connectivity index (χ2n) is 4.15. The minimum atomic E-state index is 0.516. The van der Waals surface area contributed by atoms with E-state index in [4.69, 9.17) is 0 Å². The molecule has 2 heteroatoms. The fraction of sp³-hybridized carbons (Fsp3) is 0.545. The highest BCUT2D eigenvalue weighted by Crippen LogP contribution is 2.28. The molecule has 1 aromatic rings. The van der Waals surface area contributed by atoms with Gasteiger partial charge in [0.2, 0.25) is 0 Å². The first-order valence-corrected chi connectivity index (χ1v) is 4.93. The number of rotatable bonds is 1. The van der Waals surface area contributed by atoms with E-state index in [1.54, 1.807) is 0 Å². The van der Waals surface area contributed by atoms with E-state index in [9.17, 15) is 0 Å². The van der Waals surface area contributed by atoms with Crippen LogP contribution in [0.3, 0.4) is 0 Å². The van der Waals surface area contributed by atoms with Crippen LogP contribution in [0.4, 0.5) is 0 Å². The van der Waals surface area contributed by atoms with Gasteiger partial charge in [0.25, 0.3) is 0 Å². The van der Waals surface area contributed by atoms with Gasteiger partial charge in [0, 0.05) is 11.3 Å². The van der Waals surface area contributed by atoms with Crippen molar-refractivity contribution in [2.75, 3.05) is 0 Å². The molecule has 0 saturated carbocycles. The number of hydrogen-bond donors (Lipinski definition) is 1. The Balaban J connectivity index is 2.49. The number of fused-ring (bicyclic) bond motifs is 1. The SMILES string of the molecule is CC1=Cc2c(C(C)C)n[nH]c2CC1. The van der Waals surface area contributed by atoms with Gasteiger partial charge in [-0.15, -0.1) is 0 Å². The molecule has 1 aliphatic rings. The molecule has 2 nitrogen and oxygen atoms in total. The van der Waals surface area contributed by atoms with Crippen molar-refractivity contribution >= 4 is 6.08 Å². The fourth-order valence-electron chi connectivity index (χ4n) is 1.84. The second kappa shape index (κ2) is 3.02. The van der Waals surface area contributed by atoms with Gasteiger partial charge in [-0.1, -0.05) is 25.5 Å². The molecule has 1 N–H and O–H groups in total. The van der Waals surface area contributed by atoms with E-state index in [-0.39, 0.29) is 0 Å². The van der Waals surface area contributed by atoms with Gasteiger partial charge in [-0.3, -0.25) is 5.10 Å². The van der Waals surface area contributed by atoms with E-state index in [0.29, 0.717) is 5.92 Å². The smallest absolute Gasteiger partial charge is 0.0722 e. The van der Waals surface area contributed by atoms with Crippen molar-refractivity contribution in [3.05, 3.63) is 22.5 Å². The van der Waals surface area contributed by atoms with Crippen LogP contribution < -0.4 is 0 Å². The maximum absolute atomic E-state index is 4.36. The third-order valence-electron chi connectivity index (χ3n) is 2.62. The van der Waals surface area contributed by atoms with Gasteiger partial charge in [-0.25, -0.2) is 0 Å². The molecule has 0 unspecified atom stereocenters. The van der Waals surface area contributed by atoms with Crippen LogP contribution in [0, 0.1) is 0 Å². The highest BCUT2D eigenvalue weighted by Gasteiger charge is 2.16. The van der Waals surface area contributed by atoms with Gasteiger partial charge in [-0.2, -0.15) is 5.10 Å². The Bertz CT molecular complexity index is 345. The summed E-state index contributed by atoms with van der Waals surface area (Å²) in [6.07, 6.45) is 4.57. The molecule has 0 radical (unpaired) electrons. The zero-order valence-corrected chi connectivity index (χ0v) is 8.52. The molecule has 0 aliphatic heterocycles. The lowest BCUT2D eigenvalue weighted by Crippen LogP contribution is -1.98. The Labute approximate surface area is 79.1 Å². The first-order chi connectivity index (χ1) is 6.18. The molecule has 0 atom stereocenters. The molecule has 1 aromatic heterocycles. The Kier molecular flexibility index (Phi) is 1.98. The lowest BCUT2D eigenvalue weighted by atomic mass is 9.94. The van der Waals surface area contributed by atoms with Gasteiger partial charge in [0.1, 0.15) is 0 Å². The summed E-state index contributed by atoms with van der Waals surface area (Å²) in [6.45, 7) is 6.57. The van der Waals surface area contributed by atoms with Crippen LogP contribution in [0.25, 0.3) is 6.08 Å². The average Bonchev–Trinajstić information content (AvgIpc) is 2.46. The Morgan fingerprint density at radius 1 is 1.38 bits per heavy atom. The van der Waals surface area contributed by atoms with Crippen molar-refractivity contribution in [1.82, 2.24) is 10.2 Å². The lowest BCUT2D eigenvalue weighted by molar-refractivity contribution is 0.806. The number of allylic oxidation sites excluding steroid dienone is 1. The van der Waals surface area contributed by atoms with Crippen LogP contribution in [0.15, 0.2) is 5.57 Å². The highest BCUT2D eigenvalue weighted by molar-refractivity contribution is 5.60. The number of hydrogen-bond acceptors (Lipinski definition) is 1. The molecule has 13 heavy (non-hydrogen) atoms. The molecule has 1 aliphatic carbocycles. The summed E-state index contributed by atoms with van der Waals surface area (Å²) in [7, 11) is 0. The highest BCUT2D eigenvalue weighted by atomic mass is 15.1. The predicted molar refractivity (Wildman–Crippen MR) is 54.6 cm³/mol. The first-order valence-electron chi connectivity index (χ1n) is 4.93. The molecule has 0 fully saturated rings. The zero-order valence-electron chi connectivity index (χ0n) is 8.52. The fourth-order valence-corrected chi connectivity index (χ4v) is 1.84. The van der Waals surface area contributed by atoms with Crippen LogP contribution in [-0.2, 0) is 6.42 Å². The molecule has 2 rings (SSSR count). The summed E-state index contributed by atoms with van der Waals surface area (Å²) in [5, 5.41) is 7.50. The molecule has 1 heterocycles. The second-order valence-corrected chi connectivity index (χ2v) is 4.15. The summed E-state index contributed by atoms with van der Waals surface area (Å²) >= 11 is 0. The van der Waals surface area contributed by atoms with Crippen molar-refractivity contribution in [1.29, 1.82) is 0 Å². The molecule has 0 aromatic carbocycles. The maximum Gasteiger partial charge on any atom is 0.0722 e. The predicted octanol–water partition coefficient (Wildman–Crippen LogP) is 2.88. The van der Waals surface area contributed by atoms with Crippen LogP contribution >= 0.6 is 0 Å². The average molecular weight is 176 g/mol. The van der Waals surface area contributed by atoms with Crippen LogP contribution in [0.2, 0.25) is 0 Å². The quantitative estimate of drug-likeness (QED) is 0.700. The number of nitrogens with one attached hydrogen (secondary N) is 1. The standard InChI is InChI=1S/C11H16N2/c1-7(2)11-9-6-8(3)4-5-10(9)12-13-11/h6-7H,4-5H2,1-3H3,(H,12,13). The van der Waals surface area contributed by atoms with Crippen molar-refractivity contribution in [2.45, 2.75) is 39.5 Å². The van der Waals surface area contributed by atoms with Crippen molar-refractivity contribution < 1.29 is 0 Å². The maximum atomic E-state index is 4.36. The van der Waals surface area contributed by atoms with Gasteiger partial charge < -0.3 is 0 Å². The molecule has 0 saturated heterocycles. The van der Waals surface area contributed by atoms with Crippen LogP contribution in [0.5, 0.6) is 0 Å². The van der Waals surface area contributed by atoms with Crippen molar-refractivity contribution in [3.63, 3.8) is 0 Å². The molecule has 70 valence electrons. The van der Waals surface area contributed by atoms with Gasteiger partial charge in [0.15, 0.2) is 0 Å². The normalized spacial score (nSPS) is 15.8. The summed E-state index contributed by atoms with van der Waals surface area (Å²) in [6, 6.07) is 0. The van der Waals surface area contributed by atoms with E-state index in [1.165, 1.54) is 28.9 Å². The van der Waals surface area contributed by atoms with Crippen LogP contribution in [-0.4, -0.2) is 10.2 Å². The van der Waals surface area contributed by atoms with Crippen molar-refractivity contribution in [2.24, 2.45) is 0 Å². The lowest BCUT2D eigenvalue weighted by Gasteiger charge is -2.10. The minimum absolute atomic E-state index is 0.516. The monoisotopic (exact) mass is 176 g/mol. The van der Waals surface area contributed by atoms with E-state index in [0.717, 1.165) is 6.42 Å². The number of aromatic nitrogens is 2. The first kappa shape index (κ1) is 8.54. The molecular formula is C11H16N2. The van der Waals surface area contributed by atoms with Crippen molar-refractivity contribution in [3.8, 4) is 0 Å². The van der Waals surface area contributed by atoms with E-state index < -0.39 is 0 Å². The molecule has 0 bridgehead atoms. The Morgan fingerprint density at radius 3 is 2.85 bits per heavy atom. The third-order valence-corrected chi connectivity index (χ3v) is 2.62. The summed E-state index contributed by atoms with van der Waals surface area (Å²) in [4.78, 5) is 0. The minimum Gasteiger partial charge on any atom is -0.282 e. The number of aromatic amines is 1. The molecule has 0 amide bonds. The summed E-state index contributed by atoms with van der Waals surface area (Å²) < 4.78 is 0. The summed E-state index contributed by atoms with van der Waals surface area (Å²) in [5.41, 5.74) is 5.35. The van der Waals surface area contributed by atoms with E-state index in [2.05, 4.69) is 37.0 Å². The zero-order chi connectivity index (χ0) is 9.42. The van der Waals surface area contributed by atoms with Gasteiger partial charge >= 0.3 is 0 Å². The third kappa shape index (κ3) is 1.41. The topological polar surface area (TPSA) is 28.7 Å². The van der Waals surface area contributed by atoms with E-state index >= 15 is 0 Å². The molecule has 0 spiro atoms. The number of H-pyrrole nitrogens is 1. The van der Waals surface area contributed by atoms with Gasteiger partial charge in [-0.05, 0) is 25.7 Å². The Hall–Kier alpha value is -1.05. The Morgan fingerprint density at radius 2 is 2.15 bits per heavy atom. The molecular weight excluding hydrogens is 160 g/mol. The summed E-state index contributed by atoms with van der Waals surface area (Å²) in [5.74, 6) is 0.516. The number of aryl methyl sites for hydroxylation is 1. The van der Waals surface area contributed by atoms with E-state index in [1.807, 2.05) is 0 Å². The van der Waals surface area contributed by atoms with Crippen LogP contribution in [0.1, 0.15) is 50.1 Å².